The van der Waals surface area contributed by atoms with Gasteiger partial charge in [0.15, 0.2) is 0 Å². The van der Waals surface area contributed by atoms with Crippen molar-refractivity contribution in [1.29, 1.82) is 0 Å². The molecule has 0 spiro atoms. The molecule has 1 aromatic carbocycles. The number of ether oxygens (including phenoxy) is 1. The zero-order valence-corrected chi connectivity index (χ0v) is 16.2. The van der Waals surface area contributed by atoms with Crippen molar-refractivity contribution in [2.45, 2.75) is 10.8 Å². The molecule has 6 nitrogen and oxygen atoms in total. The largest absolute Gasteiger partial charge is 0.457 e. The van der Waals surface area contributed by atoms with Crippen LogP contribution in [0.1, 0.15) is 5.01 Å². The van der Waals surface area contributed by atoms with Gasteiger partial charge in [-0.15, -0.1) is 22.7 Å². The van der Waals surface area contributed by atoms with Gasteiger partial charge in [-0.2, -0.15) is 4.31 Å². The number of thiophene rings is 1. The Labute approximate surface area is 157 Å². The Balaban J connectivity index is 1.60. The average Bonchev–Trinajstić information content (AvgIpc) is 3.18. The molecule has 0 saturated carbocycles. The zero-order chi connectivity index (χ0) is 18.0. The molecular formula is C15H13ClN2O4S3. The SMILES string of the molecule is CN(CC(=O)OCc1nc2ccccc2s1)S(=O)(=O)c1ccc(Cl)s1. The molecule has 3 aromatic rings. The van der Waals surface area contributed by atoms with Crippen LogP contribution in [0, 0.1) is 0 Å². The quantitative estimate of drug-likeness (QED) is 0.576. The number of hydrogen-bond donors (Lipinski definition) is 0. The van der Waals surface area contributed by atoms with Crippen molar-refractivity contribution in [3.05, 3.63) is 45.7 Å². The van der Waals surface area contributed by atoms with Gasteiger partial charge in [0.2, 0.25) is 0 Å². The monoisotopic (exact) mass is 416 g/mol. The van der Waals surface area contributed by atoms with E-state index in [1.54, 1.807) is 0 Å². The number of para-hydroxylation sites is 1. The van der Waals surface area contributed by atoms with Crippen LogP contribution < -0.4 is 0 Å². The van der Waals surface area contributed by atoms with Gasteiger partial charge in [-0.25, -0.2) is 13.4 Å². The first-order valence-electron chi connectivity index (χ1n) is 7.08. The molecule has 0 bridgehead atoms. The molecule has 0 radical (unpaired) electrons. The average molecular weight is 417 g/mol. The smallest absolute Gasteiger partial charge is 0.321 e. The lowest BCUT2D eigenvalue weighted by atomic mass is 10.3. The van der Waals surface area contributed by atoms with Crippen LogP contribution in [0.25, 0.3) is 10.2 Å². The van der Waals surface area contributed by atoms with E-state index in [1.807, 2.05) is 24.3 Å². The lowest BCUT2D eigenvalue weighted by Gasteiger charge is -2.14. The van der Waals surface area contributed by atoms with E-state index in [0.29, 0.717) is 9.34 Å². The van der Waals surface area contributed by atoms with Crippen LogP contribution in [-0.4, -0.2) is 37.3 Å². The first-order chi connectivity index (χ1) is 11.9. The molecular weight excluding hydrogens is 404 g/mol. The van der Waals surface area contributed by atoms with Gasteiger partial charge in [-0.05, 0) is 24.3 Å². The summed E-state index contributed by atoms with van der Waals surface area (Å²) in [5.74, 6) is -0.645. The van der Waals surface area contributed by atoms with E-state index < -0.39 is 16.0 Å². The number of aromatic nitrogens is 1. The van der Waals surface area contributed by atoms with E-state index in [0.717, 1.165) is 25.9 Å². The fourth-order valence-corrected chi connectivity index (χ4v) is 5.72. The van der Waals surface area contributed by atoms with Gasteiger partial charge in [0.05, 0.1) is 14.6 Å². The predicted octanol–water partition coefficient (Wildman–Crippen LogP) is 3.38. The minimum Gasteiger partial charge on any atom is -0.457 e. The van der Waals surface area contributed by atoms with E-state index >= 15 is 0 Å². The molecule has 0 fully saturated rings. The lowest BCUT2D eigenvalue weighted by molar-refractivity contribution is -0.144. The van der Waals surface area contributed by atoms with Gasteiger partial charge in [0.25, 0.3) is 10.0 Å². The van der Waals surface area contributed by atoms with E-state index in [2.05, 4.69) is 4.98 Å². The lowest BCUT2D eigenvalue weighted by Crippen LogP contribution is -2.32. The molecule has 0 saturated heterocycles. The van der Waals surface area contributed by atoms with Crippen molar-refractivity contribution in [3.8, 4) is 0 Å². The zero-order valence-electron chi connectivity index (χ0n) is 13.0. The van der Waals surface area contributed by atoms with Gasteiger partial charge in [-0.1, -0.05) is 23.7 Å². The first kappa shape index (κ1) is 18.3. The summed E-state index contributed by atoms with van der Waals surface area (Å²) < 4.78 is 32.2. The highest BCUT2D eigenvalue weighted by Crippen LogP contribution is 2.27. The topological polar surface area (TPSA) is 76.6 Å². The number of rotatable bonds is 6. The standard InChI is InChI=1S/C15H13ClN2O4S3/c1-18(25(20,21)15-7-6-12(16)24-15)8-14(19)22-9-13-17-10-4-2-3-5-11(10)23-13/h2-7H,8-9H2,1H3. The van der Waals surface area contributed by atoms with Crippen LogP contribution >= 0.6 is 34.3 Å². The summed E-state index contributed by atoms with van der Waals surface area (Å²) in [7, 11) is -2.44. The maximum atomic E-state index is 12.3. The molecule has 10 heteroatoms. The fraction of sp³-hybridized carbons (Fsp3) is 0.200. The van der Waals surface area contributed by atoms with Crippen molar-refractivity contribution >= 4 is 60.5 Å². The summed E-state index contributed by atoms with van der Waals surface area (Å²) in [6.07, 6.45) is 0. The molecule has 0 aliphatic carbocycles. The third-order valence-electron chi connectivity index (χ3n) is 3.26. The highest BCUT2D eigenvalue weighted by Gasteiger charge is 2.25. The number of likely N-dealkylation sites (N-methyl/N-ethyl adjacent to an activating group) is 1. The maximum Gasteiger partial charge on any atom is 0.321 e. The molecule has 0 atom stereocenters. The second kappa shape index (κ2) is 7.38. The normalized spacial score (nSPS) is 12.0. The highest BCUT2D eigenvalue weighted by molar-refractivity contribution is 7.91. The molecule has 0 aliphatic heterocycles. The number of nitrogens with zero attached hydrogens (tertiary/aromatic N) is 2. The van der Waals surface area contributed by atoms with Crippen LogP contribution in [0.3, 0.4) is 0 Å². The summed E-state index contributed by atoms with van der Waals surface area (Å²) in [6.45, 7) is -0.375. The molecule has 2 aromatic heterocycles. The molecule has 132 valence electrons. The van der Waals surface area contributed by atoms with Crippen molar-refractivity contribution in [2.24, 2.45) is 0 Å². The Bertz CT molecular complexity index is 980. The molecule has 0 unspecified atom stereocenters. The summed E-state index contributed by atoms with van der Waals surface area (Å²) in [6, 6.07) is 10.5. The van der Waals surface area contributed by atoms with E-state index in [1.165, 1.54) is 30.5 Å². The molecule has 2 heterocycles. The summed E-state index contributed by atoms with van der Waals surface area (Å²) in [4.78, 5) is 16.3. The highest BCUT2D eigenvalue weighted by atomic mass is 35.5. The van der Waals surface area contributed by atoms with E-state index in [4.69, 9.17) is 16.3 Å². The number of thiazole rings is 1. The van der Waals surface area contributed by atoms with E-state index in [9.17, 15) is 13.2 Å². The second-order valence-electron chi connectivity index (χ2n) is 5.06. The number of esters is 1. The Morgan fingerprint density at radius 1 is 1.24 bits per heavy atom. The van der Waals surface area contributed by atoms with Crippen LogP contribution in [0.5, 0.6) is 0 Å². The molecule has 0 amide bonds. The van der Waals surface area contributed by atoms with Crippen molar-refractivity contribution in [1.82, 2.24) is 9.29 Å². The third kappa shape index (κ3) is 4.18. The number of carbonyl (C=O) groups is 1. The van der Waals surface area contributed by atoms with Crippen LogP contribution in [0.2, 0.25) is 4.34 Å². The maximum absolute atomic E-state index is 12.3. The molecule has 25 heavy (non-hydrogen) atoms. The van der Waals surface area contributed by atoms with Gasteiger partial charge in [0, 0.05) is 7.05 Å². The van der Waals surface area contributed by atoms with Gasteiger partial charge >= 0.3 is 5.97 Å². The Hall–Kier alpha value is -1.52. The number of benzene rings is 1. The number of halogens is 1. The van der Waals surface area contributed by atoms with Crippen LogP contribution in [0.15, 0.2) is 40.6 Å². The molecule has 0 aliphatic rings. The van der Waals surface area contributed by atoms with Gasteiger partial charge in [0.1, 0.15) is 22.4 Å². The fourth-order valence-electron chi connectivity index (χ4n) is 2.03. The number of sulfonamides is 1. The second-order valence-corrected chi connectivity index (χ2v) is 10.2. The summed E-state index contributed by atoms with van der Waals surface area (Å²) in [5.41, 5.74) is 0.841. The number of carbonyl (C=O) groups excluding carboxylic acids is 1. The van der Waals surface area contributed by atoms with E-state index in [-0.39, 0.29) is 17.4 Å². The van der Waals surface area contributed by atoms with Gasteiger partial charge in [-0.3, -0.25) is 4.79 Å². The van der Waals surface area contributed by atoms with Crippen molar-refractivity contribution in [3.63, 3.8) is 0 Å². The molecule has 3 rings (SSSR count). The van der Waals surface area contributed by atoms with Crippen LogP contribution in [-0.2, 0) is 26.2 Å². The minimum absolute atomic E-state index is 0.0108. The number of fused-ring (bicyclic) bond motifs is 1. The van der Waals surface area contributed by atoms with Crippen molar-refractivity contribution < 1.29 is 17.9 Å². The number of hydrogen-bond acceptors (Lipinski definition) is 7. The predicted molar refractivity (Wildman–Crippen MR) is 98.6 cm³/mol. The van der Waals surface area contributed by atoms with Gasteiger partial charge < -0.3 is 4.74 Å². The molecule has 0 N–H and O–H groups in total. The Morgan fingerprint density at radius 3 is 2.68 bits per heavy atom. The summed E-state index contributed by atoms with van der Waals surface area (Å²) >= 11 is 8.13. The summed E-state index contributed by atoms with van der Waals surface area (Å²) in [5, 5.41) is 0.657. The van der Waals surface area contributed by atoms with Crippen molar-refractivity contribution in [2.75, 3.05) is 13.6 Å². The Morgan fingerprint density at radius 2 is 2.00 bits per heavy atom. The van der Waals surface area contributed by atoms with Crippen LogP contribution in [0.4, 0.5) is 0 Å². The first-order valence-corrected chi connectivity index (χ1v) is 10.5. The Kier molecular flexibility index (Phi) is 5.40. The third-order valence-corrected chi connectivity index (χ3v) is 7.77. The minimum atomic E-state index is -3.76.